The van der Waals surface area contributed by atoms with Gasteiger partial charge in [0.2, 0.25) is 0 Å². The highest BCUT2D eigenvalue weighted by Crippen LogP contribution is 2.30. The van der Waals surface area contributed by atoms with Gasteiger partial charge in [0.1, 0.15) is 5.76 Å². The van der Waals surface area contributed by atoms with E-state index in [1.54, 1.807) is 4.90 Å². The third-order valence-corrected chi connectivity index (χ3v) is 2.54. The Labute approximate surface area is 80.9 Å². The Hall–Kier alpha value is -1.52. The molecular formula is C9H11NO4. The van der Waals surface area contributed by atoms with Gasteiger partial charge in [-0.25, -0.2) is 9.59 Å². The van der Waals surface area contributed by atoms with Crippen molar-refractivity contribution in [1.82, 2.24) is 4.90 Å². The normalized spacial score (nSPS) is 28.9. The highest BCUT2D eigenvalue weighted by atomic mass is 16.6. The molecule has 2 heterocycles. The third-order valence-electron chi connectivity index (χ3n) is 2.54. The van der Waals surface area contributed by atoms with E-state index in [-0.39, 0.29) is 11.8 Å². The number of rotatable bonds is 1. The Morgan fingerprint density at radius 1 is 1.57 bits per heavy atom. The van der Waals surface area contributed by atoms with Crippen molar-refractivity contribution < 1.29 is 19.4 Å². The minimum Gasteiger partial charge on any atom is -0.478 e. The van der Waals surface area contributed by atoms with Crippen LogP contribution in [0.2, 0.25) is 0 Å². The van der Waals surface area contributed by atoms with Gasteiger partial charge in [-0.3, -0.25) is 4.90 Å². The zero-order valence-electron chi connectivity index (χ0n) is 7.60. The summed E-state index contributed by atoms with van der Waals surface area (Å²) in [7, 11) is 0. The zero-order valence-corrected chi connectivity index (χ0v) is 7.60. The van der Waals surface area contributed by atoms with Crippen LogP contribution < -0.4 is 0 Å². The van der Waals surface area contributed by atoms with Crippen molar-refractivity contribution in [2.75, 3.05) is 6.54 Å². The fourth-order valence-electron chi connectivity index (χ4n) is 1.92. The summed E-state index contributed by atoms with van der Waals surface area (Å²) in [4.78, 5) is 23.3. The third kappa shape index (κ3) is 1.45. The Morgan fingerprint density at radius 3 is 3.07 bits per heavy atom. The van der Waals surface area contributed by atoms with Crippen molar-refractivity contribution in [2.45, 2.75) is 25.3 Å². The van der Waals surface area contributed by atoms with Crippen molar-refractivity contribution >= 4 is 12.1 Å². The lowest BCUT2D eigenvalue weighted by atomic mass is 10.0. The maximum absolute atomic E-state index is 11.3. The molecule has 1 amide bonds. The highest BCUT2D eigenvalue weighted by molar-refractivity contribution is 5.83. The molecule has 1 unspecified atom stereocenters. The van der Waals surface area contributed by atoms with Crippen LogP contribution in [0.5, 0.6) is 0 Å². The van der Waals surface area contributed by atoms with E-state index in [4.69, 9.17) is 9.84 Å². The van der Waals surface area contributed by atoms with Crippen molar-refractivity contribution in [3.05, 3.63) is 11.8 Å². The molecule has 14 heavy (non-hydrogen) atoms. The summed E-state index contributed by atoms with van der Waals surface area (Å²) >= 11 is 0. The molecule has 2 saturated heterocycles. The number of hydrogen-bond donors (Lipinski definition) is 1. The second-order valence-electron chi connectivity index (χ2n) is 3.46. The van der Waals surface area contributed by atoms with Gasteiger partial charge in [0.05, 0.1) is 12.1 Å². The van der Waals surface area contributed by atoms with Crippen LogP contribution in [0, 0.1) is 0 Å². The lowest BCUT2D eigenvalue weighted by Crippen LogP contribution is -2.37. The Kier molecular flexibility index (Phi) is 2.15. The number of carbonyl (C=O) groups is 2. The van der Waals surface area contributed by atoms with Crippen molar-refractivity contribution in [3.8, 4) is 0 Å². The lowest BCUT2D eigenvalue weighted by molar-refractivity contribution is -0.131. The molecule has 0 bridgehead atoms. The number of ether oxygens (including phenoxy) is 1. The molecular weight excluding hydrogens is 186 g/mol. The molecule has 5 nitrogen and oxygen atoms in total. The van der Waals surface area contributed by atoms with Crippen LogP contribution in [0.3, 0.4) is 0 Å². The maximum atomic E-state index is 11.3. The first kappa shape index (κ1) is 9.05. The lowest BCUT2D eigenvalue weighted by Gasteiger charge is -2.25. The molecule has 76 valence electrons. The molecule has 0 aliphatic carbocycles. The molecule has 2 rings (SSSR count). The fourth-order valence-corrected chi connectivity index (χ4v) is 1.92. The van der Waals surface area contributed by atoms with Crippen LogP contribution in [0.25, 0.3) is 0 Å². The predicted molar refractivity (Wildman–Crippen MR) is 46.5 cm³/mol. The number of amides is 1. The summed E-state index contributed by atoms with van der Waals surface area (Å²) in [5.41, 5.74) is 0. The van der Waals surface area contributed by atoms with E-state index in [0.717, 1.165) is 25.3 Å². The topological polar surface area (TPSA) is 66.8 Å². The number of carbonyl (C=O) groups excluding carboxylic acids is 1. The molecule has 1 N–H and O–H groups in total. The van der Waals surface area contributed by atoms with Gasteiger partial charge in [0, 0.05) is 6.54 Å². The van der Waals surface area contributed by atoms with Crippen LogP contribution >= 0.6 is 0 Å². The maximum Gasteiger partial charge on any atom is 0.415 e. The second-order valence-corrected chi connectivity index (χ2v) is 3.46. The summed E-state index contributed by atoms with van der Waals surface area (Å²) in [5.74, 6) is -0.789. The Bertz CT molecular complexity index is 310. The number of hydrogen-bond acceptors (Lipinski definition) is 3. The molecule has 1 atom stereocenters. The quantitative estimate of drug-likeness (QED) is 0.636. The van der Waals surface area contributed by atoms with Gasteiger partial charge in [-0.1, -0.05) is 0 Å². The molecule has 5 heteroatoms. The zero-order chi connectivity index (χ0) is 10.1. The largest absolute Gasteiger partial charge is 0.478 e. The van der Waals surface area contributed by atoms with Gasteiger partial charge in [-0.15, -0.1) is 0 Å². The van der Waals surface area contributed by atoms with E-state index in [1.165, 1.54) is 0 Å². The summed E-state index contributed by atoms with van der Waals surface area (Å²) in [6.07, 6.45) is 3.33. The molecule has 0 aromatic rings. The molecule has 0 saturated carbocycles. The minimum atomic E-state index is -1.07. The number of carboxylic acid groups (broad SMARTS) is 1. The van der Waals surface area contributed by atoms with Crippen molar-refractivity contribution in [3.63, 3.8) is 0 Å². The van der Waals surface area contributed by atoms with Crippen molar-refractivity contribution in [2.24, 2.45) is 0 Å². The predicted octanol–water partition coefficient (Wildman–Crippen LogP) is 0.960. The molecule has 2 fully saturated rings. The number of fused-ring (bicyclic) bond motifs is 1. The average molecular weight is 197 g/mol. The van der Waals surface area contributed by atoms with E-state index in [0.29, 0.717) is 6.54 Å². The van der Waals surface area contributed by atoms with Gasteiger partial charge in [0.15, 0.2) is 0 Å². The number of carboxylic acids is 1. The molecule has 2 aliphatic rings. The van der Waals surface area contributed by atoms with E-state index in [9.17, 15) is 9.59 Å². The Morgan fingerprint density at radius 2 is 2.36 bits per heavy atom. The van der Waals surface area contributed by atoms with Crippen LogP contribution in [0.4, 0.5) is 4.79 Å². The highest BCUT2D eigenvalue weighted by Gasteiger charge is 2.39. The summed E-state index contributed by atoms with van der Waals surface area (Å²) in [6, 6.07) is -0.146. The monoisotopic (exact) mass is 197 g/mol. The number of piperidine rings is 1. The van der Waals surface area contributed by atoms with Gasteiger partial charge in [-0.2, -0.15) is 0 Å². The van der Waals surface area contributed by atoms with Crippen LogP contribution in [0.1, 0.15) is 19.3 Å². The fraction of sp³-hybridized carbons (Fsp3) is 0.556. The van der Waals surface area contributed by atoms with Crippen molar-refractivity contribution in [1.29, 1.82) is 0 Å². The molecule has 0 spiro atoms. The summed E-state index contributed by atoms with van der Waals surface area (Å²) < 4.78 is 4.89. The molecule has 2 aliphatic heterocycles. The first-order chi connectivity index (χ1) is 6.68. The van der Waals surface area contributed by atoms with Gasteiger partial charge in [-0.05, 0) is 19.3 Å². The number of cyclic esters (lactones) is 1. The summed E-state index contributed by atoms with van der Waals surface area (Å²) in [5, 5.41) is 8.56. The van der Waals surface area contributed by atoms with Gasteiger partial charge < -0.3 is 9.84 Å². The van der Waals surface area contributed by atoms with E-state index >= 15 is 0 Å². The number of aliphatic carboxylic acids is 1. The first-order valence-electron chi connectivity index (χ1n) is 4.61. The number of nitrogens with zero attached hydrogens (tertiary/aromatic N) is 1. The van der Waals surface area contributed by atoms with E-state index < -0.39 is 12.1 Å². The van der Waals surface area contributed by atoms with Crippen LogP contribution in [-0.4, -0.2) is 34.7 Å². The average Bonchev–Trinajstić information content (AvgIpc) is 2.44. The molecule has 0 aromatic heterocycles. The molecule has 0 aromatic carbocycles. The standard InChI is InChI=1S/C9H11NO4/c11-8(12)5-7-6-3-1-2-4-10(6)9(13)14-7/h5-6H,1-4H2,(H,11,12). The first-order valence-corrected chi connectivity index (χ1v) is 4.61. The van der Waals surface area contributed by atoms with E-state index in [2.05, 4.69) is 0 Å². The van der Waals surface area contributed by atoms with Gasteiger partial charge >= 0.3 is 12.1 Å². The second kappa shape index (κ2) is 3.32. The minimum absolute atomic E-state index is 0.146. The SMILES string of the molecule is O=C(O)C=C1OC(=O)N2CCCCC12. The van der Waals surface area contributed by atoms with Gasteiger partial charge in [0.25, 0.3) is 0 Å². The Balaban J connectivity index is 2.22. The van der Waals surface area contributed by atoms with Crippen LogP contribution in [-0.2, 0) is 9.53 Å². The summed E-state index contributed by atoms with van der Waals surface area (Å²) in [6.45, 7) is 0.667. The van der Waals surface area contributed by atoms with E-state index in [1.807, 2.05) is 0 Å². The smallest absolute Gasteiger partial charge is 0.415 e. The molecule has 0 radical (unpaired) electrons. The van der Waals surface area contributed by atoms with Crippen LogP contribution in [0.15, 0.2) is 11.8 Å².